The number of hydrogen-bond acceptors (Lipinski definition) is 3. The highest BCUT2D eigenvalue weighted by atomic mass is 16.2. The van der Waals surface area contributed by atoms with Crippen LogP contribution in [-0.4, -0.2) is 26.2 Å². The first kappa shape index (κ1) is 11.3. The Labute approximate surface area is 89.0 Å². The highest BCUT2D eigenvalue weighted by molar-refractivity contribution is 5.89. The third-order valence-electron chi connectivity index (χ3n) is 1.86. The van der Waals surface area contributed by atoms with Crippen LogP contribution in [0.3, 0.4) is 0 Å². The van der Waals surface area contributed by atoms with Crippen LogP contribution in [0.5, 0.6) is 0 Å². The first-order valence-corrected chi connectivity index (χ1v) is 4.79. The van der Waals surface area contributed by atoms with Crippen molar-refractivity contribution in [1.29, 1.82) is 0 Å². The van der Waals surface area contributed by atoms with Crippen molar-refractivity contribution in [3.05, 3.63) is 24.3 Å². The number of carbonyl (C=O) groups excluding carboxylic acids is 1. The molecule has 0 aliphatic heterocycles. The second-order valence-electron chi connectivity index (χ2n) is 3.00. The number of carbonyl (C=O) groups is 1. The average Bonchev–Trinajstić information content (AvgIpc) is 2.27. The monoisotopic (exact) mass is 208 g/mol. The Bertz CT molecular complexity index is 310. The molecule has 2 amide bonds. The van der Waals surface area contributed by atoms with E-state index in [1.54, 1.807) is 0 Å². The molecule has 0 saturated heterocycles. The first-order valence-electron chi connectivity index (χ1n) is 4.79. The number of nitrogens with one attached hydrogen (secondary N) is 3. The molecule has 0 saturated carbocycles. The number of benzene rings is 1. The predicted octanol–water partition coefficient (Wildman–Crippen LogP) is 0.808. The van der Waals surface area contributed by atoms with Crippen LogP contribution >= 0.6 is 0 Å². The summed E-state index contributed by atoms with van der Waals surface area (Å²) in [6, 6.07) is 7.19. The van der Waals surface area contributed by atoms with Crippen molar-refractivity contribution in [1.82, 2.24) is 5.32 Å². The fraction of sp³-hybridized carbons (Fsp3) is 0.300. The van der Waals surface area contributed by atoms with Gasteiger partial charge in [-0.15, -0.1) is 0 Å². The van der Waals surface area contributed by atoms with Crippen LogP contribution in [0.15, 0.2) is 24.3 Å². The quantitative estimate of drug-likeness (QED) is 0.591. The Balaban J connectivity index is 2.46. The molecule has 0 fully saturated rings. The Kier molecular flexibility index (Phi) is 4.43. The molecule has 0 aliphatic carbocycles. The van der Waals surface area contributed by atoms with Gasteiger partial charge in [-0.1, -0.05) is 0 Å². The summed E-state index contributed by atoms with van der Waals surface area (Å²) in [4.78, 5) is 11.2. The topological polar surface area (TPSA) is 79.2 Å². The van der Waals surface area contributed by atoms with Crippen LogP contribution < -0.4 is 21.7 Å². The number of amides is 2. The lowest BCUT2D eigenvalue weighted by Gasteiger charge is -2.07. The number of rotatable bonds is 4. The van der Waals surface area contributed by atoms with Crippen molar-refractivity contribution in [2.75, 3.05) is 30.8 Å². The van der Waals surface area contributed by atoms with Crippen LogP contribution in [0.2, 0.25) is 0 Å². The summed E-state index contributed by atoms with van der Waals surface area (Å²) in [5.41, 5.74) is 7.01. The van der Waals surface area contributed by atoms with Crippen LogP contribution in [0.25, 0.3) is 0 Å². The maximum atomic E-state index is 11.2. The molecule has 0 aromatic heterocycles. The highest BCUT2D eigenvalue weighted by Gasteiger charge is 1.99. The van der Waals surface area contributed by atoms with Gasteiger partial charge in [-0.25, -0.2) is 4.79 Å². The Morgan fingerprint density at radius 1 is 1.27 bits per heavy atom. The molecule has 5 N–H and O–H groups in total. The molecule has 1 aromatic carbocycles. The number of hydrogen-bond donors (Lipinski definition) is 4. The zero-order valence-electron chi connectivity index (χ0n) is 8.71. The molecule has 0 aliphatic rings. The second kappa shape index (κ2) is 5.87. The molecule has 0 unspecified atom stereocenters. The molecular formula is C10H16N4O. The zero-order chi connectivity index (χ0) is 11.1. The molecule has 0 atom stereocenters. The van der Waals surface area contributed by atoms with Crippen molar-refractivity contribution in [2.45, 2.75) is 0 Å². The van der Waals surface area contributed by atoms with E-state index < -0.39 is 0 Å². The van der Waals surface area contributed by atoms with Crippen molar-refractivity contribution in [2.24, 2.45) is 5.73 Å². The van der Waals surface area contributed by atoms with E-state index in [4.69, 9.17) is 5.73 Å². The van der Waals surface area contributed by atoms with Gasteiger partial charge in [0.15, 0.2) is 0 Å². The molecule has 0 bridgehead atoms. The second-order valence-corrected chi connectivity index (χ2v) is 3.00. The lowest BCUT2D eigenvalue weighted by molar-refractivity contribution is 0.252. The summed E-state index contributed by atoms with van der Waals surface area (Å²) in [5.74, 6) is 0. The molecule has 82 valence electrons. The minimum absolute atomic E-state index is 0.238. The summed E-state index contributed by atoms with van der Waals surface area (Å²) >= 11 is 0. The van der Waals surface area contributed by atoms with Gasteiger partial charge in [-0.3, -0.25) is 0 Å². The first-order chi connectivity index (χ1) is 7.26. The van der Waals surface area contributed by atoms with Crippen molar-refractivity contribution in [3.63, 3.8) is 0 Å². The van der Waals surface area contributed by atoms with Gasteiger partial charge < -0.3 is 21.7 Å². The van der Waals surface area contributed by atoms with Gasteiger partial charge in [-0.05, 0) is 24.3 Å². The van der Waals surface area contributed by atoms with E-state index in [1.807, 2.05) is 31.3 Å². The third kappa shape index (κ3) is 3.86. The minimum Gasteiger partial charge on any atom is -0.388 e. The maximum absolute atomic E-state index is 11.2. The van der Waals surface area contributed by atoms with Crippen LogP contribution in [-0.2, 0) is 0 Å². The molecule has 0 spiro atoms. The molecule has 1 aromatic rings. The molecule has 0 heterocycles. The Hall–Kier alpha value is -1.75. The fourth-order valence-corrected chi connectivity index (χ4v) is 1.08. The average molecular weight is 208 g/mol. The Morgan fingerprint density at radius 2 is 1.87 bits per heavy atom. The summed E-state index contributed by atoms with van der Waals surface area (Å²) < 4.78 is 0. The van der Waals surface area contributed by atoms with Crippen molar-refractivity contribution in [3.8, 4) is 0 Å². The largest absolute Gasteiger partial charge is 0.388 e. The maximum Gasteiger partial charge on any atom is 0.319 e. The predicted molar refractivity (Wildman–Crippen MR) is 62.1 cm³/mol. The summed E-state index contributed by atoms with van der Waals surface area (Å²) in [7, 11) is 1.84. The van der Waals surface area contributed by atoms with Gasteiger partial charge in [0.05, 0.1) is 0 Å². The third-order valence-corrected chi connectivity index (χ3v) is 1.86. The van der Waals surface area contributed by atoms with Gasteiger partial charge >= 0.3 is 6.03 Å². The molecule has 15 heavy (non-hydrogen) atoms. The van der Waals surface area contributed by atoms with E-state index in [9.17, 15) is 4.79 Å². The van der Waals surface area contributed by atoms with Crippen molar-refractivity contribution < 1.29 is 4.79 Å². The van der Waals surface area contributed by atoms with Gasteiger partial charge in [0, 0.05) is 31.5 Å². The van der Waals surface area contributed by atoms with E-state index in [0.29, 0.717) is 13.1 Å². The number of anilines is 2. The zero-order valence-corrected chi connectivity index (χ0v) is 8.71. The lowest BCUT2D eigenvalue weighted by Crippen LogP contribution is -2.32. The van der Waals surface area contributed by atoms with Crippen LogP contribution in [0.4, 0.5) is 16.2 Å². The van der Waals surface area contributed by atoms with E-state index in [2.05, 4.69) is 16.0 Å². The highest BCUT2D eigenvalue weighted by Crippen LogP contribution is 2.12. The van der Waals surface area contributed by atoms with E-state index in [1.165, 1.54) is 0 Å². The molecule has 5 nitrogen and oxygen atoms in total. The van der Waals surface area contributed by atoms with Crippen LogP contribution in [0, 0.1) is 0 Å². The number of urea groups is 1. The van der Waals surface area contributed by atoms with Gasteiger partial charge in [0.2, 0.25) is 0 Å². The van der Waals surface area contributed by atoms with Gasteiger partial charge in [0.1, 0.15) is 0 Å². The molecule has 5 heteroatoms. The Morgan fingerprint density at radius 3 is 2.40 bits per heavy atom. The number of nitrogens with two attached hydrogens (primary N) is 1. The summed E-state index contributed by atoms with van der Waals surface area (Å²) in [5, 5.41) is 8.31. The summed E-state index contributed by atoms with van der Waals surface area (Å²) in [6.45, 7) is 0.909. The van der Waals surface area contributed by atoms with Gasteiger partial charge in [0.25, 0.3) is 0 Å². The smallest absolute Gasteiger partial charge is 0.319 e. The molecular weight excluding hydrogens is 192 g/mol. The van der Waals surface area contributed by atoms with E-state index >= 15 is 0 Å². The van der Waals surface area contributed by atoms with E-state index in [-0.39, 0.29) is 6.03 Å². The standard InChI is InChI=1S/C10H16N4O/c1-12-8-2-4-9(5-3-8)14-10(15)13-7-6-11/h2-5,12H,6-7,11H2,1H3,(H2,13,14,15). The summed E-state index contributed by atoms with van der Waals surface area (Å²) in [6.07, 6.45) is 0. The molecule has 0 radical (unpaired) electrons. The lowest BCUT2D eigenvalue weighted by atomic mass is 10.3. The minimum atomic E-state index is -0.238. The van der Waals surface area contributed by atoms with E-state index in [0.717, 1.165) is 11.4 Å². The normalized spacial score (nSPS) is 9.47. The molecule has 1 rings (SSSR count). The SMILES string of the molecule is CNc1ccc(NC(=O)NCCN)cc1. The van der Waals surface area contributed by atoms with Crippen LogP contribution in [0.1, 0.15) is 0 Å². The van der Waals surface area contributed by atoms with Gasteiger partial charge in [-0.2, -0.15) is 0 Å². The van der Waals surface area contributed by atoms with Crippen molar-refractivity contribution >= 4 is 17.4 Å². The fourth-order valence-electron chi connectivity index (χ4n) is 1.08.